The number of aromatic carboxylic acids is 1. The summed E-state index contributed by atoms with van der Waals surface area (Å²) in [4.78, 5) is 15.3. The lowest BCUT2D eigenvalue weighted by Gasteiger charge is -2.02. The standard InChI is InChI=1S/C14H8BrFN2O2/c15-8-5-6-18-11(7-8)12(14(19)20)17-13(18)9-3-1-2-4-10(9)16/h1-7H,(H,19,20). The van der Waals surface area contributed by atoms with Crippen molar-refractivity contribution in [1.29, 1.82) is 0 Å². The molecule has 0 aliphatic heterocycles. The Bertz CT molecular complexity index is 829. The number of carbonyl (C=O) groups is 1. The Morgan fingerprint density at radius 3 is 2.75 bits per heavy atom. The summed E-state index contributed by atoms with van der Waals surface area (Å²) in [6, 6.07) is 9.51. The summed E-state index contributed by atoms with van der Waals surface area (Å²) in [5, 5.41) is 9.22. The molecule has 0 saturated carbocycles. The number of fused-ring (bicyclic) bond motifs is 1. The molecule has 0 amide bonds. The molecule has 0 fully saturated rings. The van der Waals surface area contributed by atoms with Crippen molar-refractivity contribution in [2.75, 3.05) is 0 Å². The van der Waals surface area contributed by atoms with Crippen LogP contribution in [0.5, 0.6) is 0 Å². The predicted molar refractivity (Wildman–Crippen MR) is 75.2 cm³/mol. The summed E-state index contributed by atoms with van der Waals surface area (Å²) in [5.74, 6) is -1.33. The van der Waals surface area contributed by atoms with E-state index in [0.29, 0.717) is 5.52 Å². The van der Waals surface area contributed by atoms with Gasteiger partial charge < -0.3 is 5.11 Å². The highest BCUT2D eigenvalue weighted by Gasteiger charge is 2.19. The van der Waals surface area contributed by atoms with Crippen LogP contribution < -0.4 is 0 Å². The highest BCUT2D eigenvalue weighted by Crippen LogP contribution is 2.26. The Morgan fingerprint density at radius 1 is 1.30 bits per heavy atom. The van der Waals surface area contributed by atoms with Crippen molar-refractivity contribution in [3.05, 3.63) is 58.6 Å². The minimum atomic E-state index is -1.15. The third-order valence-electron chi connectivity index (χ3n) is 2.92. The Hall–Kier alpha value is -2.21. The minimum Gasteiger partial charge on any atom is -0.476 e. The smallest absolute Gasteiger partial charge is 0.356 e. The first-order valence-corrected chi connectivity index (χ1v) is 6.53. The van der Waals surface area contributed by atoms with Crippen LogP contribution in [-0.2, 0) is 0 Å². The highest BCUT2D eigenvalue weighted by atomic mass is 79.9. The molecule has 0 spiro atoms. The number of nitrogens with zero attached hydrogens (tertiary/aromatic N) is 2. The van der Waals surface area contributed by atoms with Gasteiger partial charge in [-0.1, -0.05) is 28.1 Å². The summed E-state index contributed by atoms with van der Waals surface area (Å²) in [5.41, 5.74) is 0.562. The summed E-state index contributed by atoms with van der Waals surface area (Å²) < 4.78 is 16.2. The van der Waals surface area contributed by atoms with E-state index in [0.717, 1.165) is 4.47 Å². The van der Waals surface area contributed by atoms with Crippen molar-refractivity contribution in [2.24, 2.45) is 0 Å². The fourth-order valence-electron chi connectivity index (χ4n) is 2.05. The predicted octanol–water partition coefficient (Wildman–Crippen LogP) is 3.60. The second-order valence-electron chi connectivity index (χ2n) is 4.17. The number of hydrogen-bond donors (Lipinski definition) is 1. The van der Waals surface area contributed by atoms with Gasteiger partial charge in [0.2, 0.25) is 0 Å². The molecular formula is C14H8BrFN2O2. The van der Waals surface area contributed by atoms with E-state index in [2.05, 4.69) is 20.9 Å². The highest BCUT2D eigenvalue weighted by molar-refractivity contribution is 9.10. The van der Waals surface area contributed by atoms with Gasteiger partial charge in [0.1, 0.15) is 11.6 Å². The van der Waals surface area contributed by atoms with E-state index in [4.69, 9.17) is 0 Å². The molecule has 20 heavy (non-hydrogen) atoms. The van der Waals surface area contributed by atoms with Crippen LogP contribution in [-0.4, -0.2) is 20.5 Å². The van der Waals surface area contributed by atoms with Crippen molar-refractivity contribution in [3.63, 3.8) is 0 Å². The van der Waals surface area contributed by atoms with Crippen LogP contribution in [0.3, 0.4) is 0 Å². The summed E-state index contributed by atoms with van der Waals surface area (Å²) >= 11 is 3.29. The van der Waals surface area contributed by atoms with Crippen LogP contribution in [0.4, 0.5) is 4.39 Å². The van der Waals surface area contributed by atoms with Crippen molar-refractivity contribution in [2.45, 2.75) is 0 Å². The van der Waals surface area contributed by atoms with E-state index in [-0.39, 0.29) is 17.1 Å². The molecule has 0 radical (unpaired) electrons. The van der Waals surface area contributed by atoms with Crippen LogP contribution in [0, 0.1) is 5.82 Å². The van der Waals surface area contributed by atoms with Crippen molar-refractivity contribution < 1.29 is 14.3 Å². The van der Waals surface area contributed by atoms with Crippen LogP contribution in [0.2, 0.25) is 0 Å². The van der Waals surface area contributed by atoms with Gasteiger partial charge in [0, 0.05) is 10.7 Å². The number of hydrogen-bond acceptors (Lipinski definition) is 2. The first kappa shape index (κ1) is 12.8. The van der Waals surface area contributed by atoms with E-state index in [1.54, 1.807) is 40.9 Å². The van der Waals surface area contributed by atoms with Crippen molar-refractivity contribution >= 4 is 27.4 Å². The normalized spacial score (nSPS) is 10.9. The average Bonchev–Trinajstić information content (AvgIpc) is 2.78. The molecule has 2 aromatic heterocycles. The number of benzene rings is 1. The molecule has 100 valence electrons. The monoisotopic (exact) mass is 334 g/mol. The Labute approximate surface area is 121 Å². The van der Waals surface area contributed by atoms with E-state index < -0.39 is 11.8 Å². The largest absolute Gasteiger partial charge is 0.476 e. The maximum absolute atomic E-state index is 13.9. The molecule has 0 saturated heterocycles. The number of carboxylic acids is 1. The van der Waals surface area contributed by atoms with Gasteiger partial charge in [-0.3, -0.25) is 4.40 Å². The van der Waals surface area contributed by atoms with Gasteiger partial charge >= 0.3 is 5.97 Å². The lowest BCUT2D eigenvalue weighted by Crippen LogP contribution is -1.97. The molecule has 3 aromatic rings. The first-order chi connectivity index (χ1) is 9.58. The zero-order valence-corrected chi connectivity index (χ0v) is 11.6. The van der Waals surface area contributed by atoms with E-state index in [9.17, 15) is 14.3 Å². The van der Waals surface area contributed by atoms with Gasteiger partial charge in [0.25, 0.3) is 0 Å². The number of imidazole rings is 1. The summed E-state index contributed by atoms with van der Waals surface area (Å²) in [6.07, 6.45) is 1.65. The Kier molecular flexibility index (Phi) is 3.02. The third-order valence-corrected chi connectivity index (χ3v) is 3.42. The summed E-state index contributed by atoms with van der Waals surface area (Å²) in [7, 11) is 0. The van der Waals surface area contributed by atoms with Gasteiger partial charge in [-0.05, 0) is 24.3 Å². The maximum Gasteiger partial charge on any atom is 0.356 e. The third kappa shape index (κ3) is 1.98. The van der Waals surface area contributed by atoms with Gasteiger partial charge in [-0.15, -0.1) is 0 Å². The van der Waals surface area contributed by atoms with Crippen LogP contribution in [0.1, 0.15) is 10.5 Å². The topological polar surface area (TPSA) is 54.6 Å². The molecule has 6 heteroatoms. The quantitative estimate of drug-likeness (QED) is 0.779. The molecule has 1 N–H and O–H groups in total. The second kappa shape index (κ2) is 4.72. The molecule has 4 nitrogen and oxygen atoms in total. The molecule has 0 aliphatic carbocycles. The second-order valence-corrected chi connectivity index (χ2v) is 5.08. The first-order valence-electron chi connectivity index (χ1n) is 5.74. The van der Waals surface area contributed by atoms with Crippen molar-refractivity contribution in [1.82, 2.24) is 9.38 Å². The molecule has 2 heterocycles. The SMILES string of the molecule is O=C(O)c1nc(-c2ccccc2F)n2ccc(Br)cc12. The van der Waals surface area contributed by atoms with E-state index >= 15 is 0 Å². The number of rotatable bonds is 2. The van der Waals surface area contributed by atoms with Gasteiger partial charge in [-0.2, -0.15) is 0 Å². The van der Waals surface area contributed by atoms with Gasteiger partial charge in [-0.25, -0.2) is 14.2 Å². The lowest BCUT2D eigenvalue weighted by atomic mass is 10.2. The zero-order chi connectivity index (χ0) is 14.3. The maximum atomic E-state index is 13.9. The Balaban J connectivity index is 2.38. The van der Waals surface area contributed by atoms with E-state index in [1.165, 1.54) is 6.07 Å². The average molecular weight is 335 g/mol. The number of pyridine rings is 1. The van der Waals surface area contributed by atoms with Gasteiger partial charge in [0.15, 0.2) is 5.69 Å². The molecule has 0 unspecified atom stereocenters. The lowest BCUT2D eigenvalue weighted by molar-refractivity contribution is 0.0693. The van der Waals surface area contributed by atoms with Crippen LogP contribution >= 0.6 is 15.9 Å². The van der Waals surface area contributed by atoms with Crippen molar-refractivity contribution in [3.8, 4) is 11.4 Å². The summed E-state index contributed by atoms with van der Waals surface area (Å²) in [6.45, 7) is 0. The number of halogens is 2. The molecule has 3 rings (SSSR count). The fraction of sp³-hybridized carbons (Fsp3) is 0. The molecule has 0 aliphatic rings. The minimum absolute atomic E-state index is 0.107. The Morgan fingerprint density at radius 2 is 2.05 bits per heavy atom. The number of aromatic nitrogens is 2. The van der Waals surface area contributed by atoms with Crippen LogP contribution in [0.15, 0.2) is 47.1 Å². The van der Waals surface area contributed by atoms with Crippen LogP contribution in [0.25, 0.3) is 16.9 Å². The molecular weight excluding hydrogens is 327 g/mol. The molecule has 0 bridgehead atoms. The number of carboxylic acid groups (broad SMARTS) is 1. The fourth-order valence-corrected chi connectivity index (χ4v) is 2.38. The molecule has 1 aromatic carbocycles. The van der Waals surface area contributed by atoms with E-state index in [1.807, 2.05) is 0 Å². The zero-order valence-electron chi connectivity index (χ0n) is 10.0. The molecule has 0 atom stereocenters. The van der Waals surface area contributed by atoms with Gasteiger partial charge in [0.05, 0.1) is 11.1 Å².